The second kappa shape index (κ2) is 5.58. The van der Waals surface area contributed by atoms with Gasteiger partial charge in [-0.15, -0.1) is 0 Å². The summed E-state index contributed by atoms with van der Waals surface area (Å²) in [5, 5.41) is 0. The molecule has 0 aromatic heterocycles. The highest BCUT2D eigenvalue weighted by Crippen LogP contribution is 2.26. The molecule has 2 heterocycles. The first-order valence-corrected chi connectivity index (χ1v) is 7.42. The van der Waals surface area contributed by atoms with Crippen LogP contribution >= 0.6 is 0 Å². The van der Waals surface area contributed by atoms with Crippen molar-refractivity contribution >= 4 is 17.5 Å². The highest BCUT2D eigenvalue weighted by atomic mass is 16.2. The first-order chi connectivity index (χ1) is 10.1. The molecule has 112 valence electrons. The van der Waals surface area contributed by atoms with Crippen LogP contribution in [0.5, 0.6) is 0 Å². The molecule has 2 amide bonds. The molecule has 0 aliphatic carbocycles. The quantitative estimate of drug-likeness (QED) is 0.757. The number of piperazine rings is 1. The van der Waals surface area contributed by atoms with Crippen molar-refractivity contribution in [1.82, 2.24) is 9.80 Å². The zero-order chi connectivity index (χ0) is 15.0. The lowest BCUT2D eigenvalue weighted by atomic mass is 10.2. The Morgan fingerprint density at radius 3 is 2.48 bits per heavy atom. The van der Waals surface area contributed by atoms with Crippen molar-refractivity contribution in [1.29, 1.82) is 0 Å². The van der Waals surface area contributed by atoms with E-state index >= 15 is 0 Å². The van der Waals surface area contributed by atoms with Gasteiger partial charge in [0.05, 0.1) is 18.2 Å². The van der Waals surface area contributed by atoms with Crippen LogP contribution in [-0.2, 0) is 9.59 Å². The number of anilines is 1. The molecule has 2 saturated heterocycles. The number of benzene rings is 1. The third-order valence-electron chi connectivity index (χ3n) is 4.36. The van der Waals surface area contributed by atoms with Gasteiger partial charge in [0.15, 0.2) is 0 Å². The number of hydrogen-bond acceptors (Lipinski definition) is 4. The molecule has 0 N–H and O–H groups in total. The van der Waals surface area contributed by atoms with E-state index in [4.69, 9.17) is 0 Å². The van der Waals surface area contributed by atoms with Crippen LogP contribution < -0.4 is 4.90 Å². The topological polar surface area (TPSA) is 43.9 Å². The number of nitrogens with zero attached hydrogens (tertiary/aromatic N) is 3. The van der Waals surface area contributed by atoms with Crippen molar-refractivity contribution < 1.29 is 9.59 Å². The summed E-state index contributed by atoms with van der Waals surface area (Å²) < 4.78 is 0. The molecule has 1 aromatic rings. The van der Waals surface area contributed by atoms with Crippen LogP contribution in [0, 0.1) is 6.92 Å². The van der Waals surface area contributed by atoms with Crippen LogP contribution in [0.3, 0.4) is 0 Å². The smallest absolute Gasteiger partial charge is 0.251 e. The van der Waals surface area contributed by atoms with E-state index in [1.54, 1.807) is 0 Å². The lowest BCUT2D eigenvalue weighted by molar-refractivity contribution is -0.123. The Kier molecular flexibility index (Phi) is 3.78. The van der Waals surface area contributed by atoms with E-state index in [0.29, 0.717) is 12.1 Å². The number of likely N-dealkylation sites (N-methyl/N-ethyl adjacent to an activating group) is 1. The largest absolute Gasteiger partial charge is 0.304 e. The second-order valence-electron chi connectivity index (χ2n) is 5.97. The number of hydrogen-bond donors (Lipinski definition) is 0. The van der Waals surface area contributed by atoms with Gasteiger partial charge in [0.2, 0.25) is 5.91 Å². The number of amides is 2. The predicted octanol–water partition coefficient (Wildman–Crippen LogP) is 0.874. The summed E-state index contributed by atoms with van der Waals surface area (Å²) >= 11 is 0. The molecule has 2 aliphatic heterocycles. The molecule has 5 heteroatoms. The van der Waals surface area contributed by atoms with Gasteiger partial charge < -0.3 is 4.90 Å². The molecule has 0 saturated carbocycles. The number of aryl methyl sites for hydroxylation is 1. The molecule has 5 nitrogen and oxygen atoms in total. The molecular formula is C16H21N3O2. The average Bonchev–Trinajstić information content (AvgIpc) is 2.75. The molecule has 0 radical (unpaired) electrons. The zero-order valence-corrected chi connectivity index (χ0v) is 12.6. The van der Waals surface area contributed by atoms with Crippen LogP contribution in [-0.4, -0.2) is 60.9 Å². The Balaban J connectivity index is 1.79. The Bertz CT molecular complexity index is 564. The van der Waals surface area contributed by atoms with Crippen molar-refractivity contribution in [3.63, 3.8) is 0 Å². The summed E-state index contributed by atoms with van der Waals surface area (Å²) in [6, 6.07) is 7.28. The van der Waals surface area contributed by atoms with Crippen LogP contribution in [0.4, 0.5) is 5.69 Å². The highest BCUT2D eigenvalue weighted by molar-refractivity contribution is 6.22. The Hall–Kier alpha value is -1.72. The van der Waals surface area contributed by atoms with Gasteiger partial charge in [0.1, 0.15) is 0 Å². The van der Waals surface area contributed by atoms with Crippen molar-refractivity contribution in [3.05, 3.63) is 29.8 Å². The summed E-state index contributed by atoms with van der Waals surface area (Å²) in [7, 11) is 2.08. The maximum atomic E-state index is 12.7. The third kappa shape index (κ3) is 2.71. The summed E-state index contributed by atoms with van der Waals surface area (Å²) in [5.41, 5.74) is 1.75. The molecule has 1 aromatic carbocycles. The van der Waals surface area contributed by atoms with Gasteiger partial charge >= 0.3 is 0 Å². The van der Waals surface area contributed by atoms with Gasteiger partial charge in [-0.1, -0.05) is 12.1 Å². The lowest BCUT2D eigenvalue weighted by Gasteiger charge is -2.35. The predicted molar refractivity (Wildman–Crippen MR) is 81.1 cm³/mol. The monoisotopic (exact) mass is 287 g/mol. The average molecular weight is 287 g/mol. The molecule has 0 spiro atoms. The van der Waals surface area contributed by atoms with E-state index in [1.807, 2.05) is 31.2 Å². The number of imide groups is 1. The fourth-order valence-corrected chi connectivity index (χ4v) is 3.07. The van der Waals surface area contributed by atoms with Gasteiger partial charge in [-0.25, -0.2) is 4.90 Å². The van der Waals surface area contributed by atoms with Gasteiger partial charge in [0.25, 0.3) is 5.91 Å². The lowest BCUT2D eigenvalue weighted by Crippen LogP contribution is -2.51. The highest BCUT2D eigenvalue weighted by Gasteiger charge is 2.43. The molecular weight excluding hydrogens is 266 g/mol. The Labute approximate surface area is 125 Å². The van der Waals surface area contributed by atoms with Gasteiger partial charge in [-0.2, -0.15) is 0 Å². The van der Waals surface area contributed by atoms with Crippen LogP contribution in [0.1, 0.15) is 12.0 Å². The SMILES string of the molecule is Cc1cccc(N2C(=O)CC(N3CCN(C)CC3)C2=O)c1. The minimum Gasteiger partial charge on any atom is -0.304 e. The van der Waals surface area contributed by atoms with Crippen LogP contribution in [0.15, 0.2) is 24.3 Å². The van der Waals surface area contributed by atoms with Crippen molar-refractivity contribution in [2.24, 2.45) is 0 Å². The second-order valence-corrected chi connectivity index (χ2v) is 5.97. The van der Waals surface area contributed by atoms with E-state index in [1.165, 1.54) is 4.90 Å². The molecule has 2 aliphatic rings. The molecule has 3 rings (SSSR count). The fraction of sp³-hybridized carbons (Fsp3) is 0.500. The zero-order valence-electron chi connectivity index (χ0n) is 12.6. The Morgan fingerprint density at radius 2 is 1.81 bits per heavy atom. The van der Waals surface area contributed by atoms with E-state index in [9.17, 15) is 9.59 Å². The molecule has 0 bridgehead atoms. The van der Waals surface area contributed by atoms with Gasteiger partial charge in [-0.05, 0) is 31.7 Å². The van der Waals surface area contributed by atoms with Gasteiger partial charge in [0, 0.05) is 26.2 Å². The Morgan fingerprint density at radius 1 is 1.10 bits per heavy atom. The third-order valence-corrected chi connectivity index (χ3v) is 4.36. The van der Waals surface area contributed by atoms with Crippen LogP contribution in [0.2, 0.25) is 0 Å². The van der Waals surface area contributed by atoms with Crippen molar-refractivity contribution in [2.75, 3.05) is 38.1 Å². The molecule has 1 atom stereocenters. The normalized spacial score (nSPS) is 24.9. The number of rotatable bonds is 2. The van der Waals surface area contributed by atoms with E-state index in [-0.39, 0.29) is 17.9 Å². The molecule has 21 heavy (non-hydrogen) atoms. The van der Waals surface area contributed by atoms with Crippen LogP contribution in [0.25, 0.3) is 0 Å². The fourth-order valence-electron chi connectivity index (χ4n) is 3.07. The van der Waals surface area contributed by atoms with Gasteiger partial charge in [-0.3, -0.25) is 14.5 Å². The standard InChI is InChI=1S/C16H21N3O2/c1-12-4-3-5-13(10-12)19-15(20)11-14(16(19)21)18-8-6-17(2)7-9-18/h3-5,10,14H,6-9,11H2,1-2H3. The van der Waals surface area contributed by atoms with E-state index < -0.39 is 0 Å². The van der Waals surface area contributed by atoms with Crippen molar-refractivity contribution in [2.45, 2.75) is 19.4 Å². The number of carbonyl (C=O) groups is 2. The maximum absolute atomic E-state index is 12.7. The van der Waals surface area contributed by atoms with E-state index in [0.717, 1.165) is 31.7 Å². The first kappa shape index (κ1) is 14.2. The minimum atomic E-state index is -0.285. The molecule has 1 unspecified atom stereocenters. The summed E-state index contributed by atoms with van der Waals surface area (Å²) in [4.78, 5) is 30.7. The van der Waals surface area contributed by atoms with E-state index in [2.05, 4.69) is 16.8 Å². The maximum Gasteiger partial charge on any atom is 0.251 e. The number of carbonyl (C=O) groups excluding carboxylic acids is 2. The summed E-state index contributed by atoms with van der Waals surface area (Å²) in [6.07, 6.45) is 0.302. The summed E-state index contributed by atoms with van der Waals surface area (Å²) in [5.74, 6) is -0.162. The summed E-state index contributed by atoms with van der Waals surface area (Å²) in [6.45, 7) is 5.56. The first-order valence-electron chi connectivity index (χ1n) is 7.42. The van der Waals surface area contributed by atoms with Crippen molar-refractivity contribution in [3.8, 4) is 0 Å². The molecule has 2 fully saturated rings. The minimum absolute atomic E-state index is 0.0739.